The molecule has 0 N–H and O–H groups in total. The van der Waals surface area contributed by atoms with Crippen molar-refractivity contribution in [2.24, 2.45) is 0 Å². The highest BCUT2D eigenvalue weighted by Gasteiger charge is 2.19. The smallest absolute Gasteiger partial charge is 0.274 e. The van der Waals surface area contributed by atoms with E-state index in [-0.39, 0.29) is 6.10 Å². The number of para-hydroxylation sites is 1. The summed E-state index contributed by atoms with van der Waals surface area (Å²) in [5.74, 6) is 0. The lowest BCUT2D eigenvalue weighted by Crippen LogP contribution is -2.37. The summed E-state index contributed by atoms with van der Waals surface area (Å²) < 4.78 is 7.46. The summed E-state index contributed by atoms with van der Waals surface area (Å²) in [7, 11) is 2.20. The van der Waals surface area contributed by atoms with Gasteiger partial charge in [0.05, 0.1) is 10.2 Å². The lowest BCUT2D eigenvalue weighted by molar-refractivity contribution is 0.128. The van der Waals surface area contributed by atoms with E-state index in [4.69, 9.17) is 4.74 Å². The number of allylic oxidation sites excluding steroid dienone is 1. The van der Waals surface area contributed by atoms with Crippen LogP contribution in [-0.2, 0) is 0 Å². The fourth-order valence-corrected chi connectivity index (χ4v) is 3.99. The van der Waals surface area contributed by atoms with E-state index in [0.29, 0.717) is 0 Å². The maximum absolute atomic E-state index is 6.28. The molecule has 0 aliphatic carbocycles. The van der Waals surface area contributed by atoms with Gasteiger partial charge in [-0.1, -0.05) is 29.5 Å². The zero-order chi connectivity index (χ0) is 16.8. The van der Waals surface area contributed by atoms with Gasteiger partial charge in [-0.2, -0.15) is 0 Å². The van der Waals surface area contributed by atoms with E-state index in [1.165, 1.54) is 17.7 Å². The van der Waals surface area contributed by atoms with E-state index in [2.05, 4.69) is 34.5 Å². The van der Waals surface area contributed by atoms with Crippen molar-refractivity contribution < 1.29 is 4.74 Å². The van der Waals surface area contributed by atoms with Gasteiger partial charge in [-0.05, 0) is 51.5 Å². The molecule has 1 aromatic heterocycles. The van der Waals surface area contributed by atoms with Crippen molar-refractivity contribution in [1.82, 2.24) is 14.8 Å². The Kier molecular flexibility index (Phi) is 6.24. The predicted octanol–water partition coefficient (Wildman–Crippen LogP) is 3.65. The number of fused-ring (bicyclic) bond motifs is 1. The van der Waals surface area contributed by atoms with Crippen LogP contribution in [0.2, 0.25) is 0 Å². The molecule has 0 bridgehead atoms. The summed E-state index contributed by atoms with van der Waals surface area (Å²) >= 11 is 1.64. The van der Waals surface area contributed by atoms with Gasteiger partial charge in [0.2, 0.25) is 0 Å². The molecule has 0 saturated carbocycles. The van der Waals surface area contributed by atoms with Crippen molar-refractivity contribution >= 4 is 21.6 Å². The minimum atomic E-state index is 0.173. The molecule has 1 aliphatic rings. The lowest BCUT2D eigenvalue weighted by atomic mass is 10.2. The maximum atomic E-state index is 6.28. The van der Waals surface area contributed by atoms with Crippen LogP contribution in [0, 0.1) is 0 Å². The molecule has 1 fully saturated rings. The minimum Gasteiger partial charge on any atom is -0.465 e. The first kappa shape index (κ1) is 17.4. The van der Waals surface area contributed by atoms with Gasteiger partial charge < -0.3 is 9.64 Å². The fourth-order valence-electron chi connectivity index (χ4n) is 3.11. The third-order valence-corrected chi connectivity index (χ3v) is 5.44. The van der Waals surface area contributed by atoms with E-state index in [0.717, 1.165) is 49.7 Å². The quantitative estimate of drug-likeness (QED) is 0.716. The Bertz CT molecular complexity index is 624. The number of likely N-dealkylation sites (N-methyl/N-ethyl adjacent to an activating group) is 1. The molecule has 1 saturated heterocycles. The van der Waals surface area contributed by atoms with Crippen LogP contribution < -0.4 is 4.74 Å². The number of nitrogens with zero attached hydrogens (tertiary/aromatic N) is 3. The Morgan fingerprint density at radius 1 is 1.29 bits per heavy atom. The van der Waals surface area contributed by atoms with Crippen molar-refractivity contribution in [3.63, 3.8) is 0 Å². The summed E-state index contributed by atoms with van der Waals surface area (Å²) in [5.41, 5.74) is 1.02. The van der Waals surface area contributed by atoms with Gasteiger partial charge in [-0.15, -0.1) is 6.58 Å². The summed E-state index contributed by atoms with van der Waals surface area (Å²) in [6.07, 6.45) is 5.35. The Hall–Kier alpha value is -1.43. The molecule has 0 radical (unpaired) electrons. The number of aromatic nitrogens is 1. The molecular weight excluding hydrogens is 318 g/mol. The molecule has 130 valence electrons. The monoisotopic (exact) mass is 345 g/mol. The van der Waals surface area contributed by atoms with E-state index in [1.54, 1.807) is 11.3 Å². The van der Waals surface area contributed by atoms with Crippen LogP contribution in [0.3, 0.4) is 0 Å². The summed E-state index contributed by atoms with van der Waals surface area (Å²) in [5, 5.41) is 0.789. The summed E-state index contributed by atoms with van der Waals surface area (Å²) in [6, 6.07) is 8.22. The third kappa shape index (κ3) is 4.79. The number of hydrogen-bond acceptors (Lipinski definition) is 5. The van der Waals surface area contributed by atoms with E-state index in [9.17, 15) is 0 Å². The number of thiazole rings is 1. The molecule has 3 rings (SSSR count). The van der Waals surface area contributed by atoms with Crippen LogP contribution in [-0.4, -0.2) is 60.7 Å². The van der Waals surface area contributed by atoms with Gasteiger partial charge in [0, 0.05) is 19.6 Å². The zero-order valence-corrected chi connectivity index (χ0v) is 15.3. The molecule has 1 aromatic carbocycles. The van der Waals surface area contributed by atoms with Crippen molar-refractivity contribution in [2.45, 2.75) is 25.4 Å². The van der Waals surface area contributed by atoms with Gasteiger partial charge in [-0.3, -0.25) is 4.90 Å². The predicted molar refractivity (Wildman–Crippen MR) is 102 cm³/mol. The molecule has 4 nitrogen and oxygen atoms in total. The van der Waals surface area contributed by atoms with Crippen molar-refractivity contribution in [2.75, 3.05) is 39.8 Å². The van der Waals surface area contributed by atoms with Gasteiger partial charge in [0.1, 0.15) is 6.10 Å². The van der Waals surface area contributed by atoms with Crippen LogP contribution >= 0.6 is 11.3 Å². The first-order valence-corrected chi connectivity index (χ1v) is 9.60. The van der Waals surface area contributed by atoms with E-state index < -0.39 is 0 Å². The Labute approximate surface area is 148 Å². The highest BCUT2D eigenvalue weighted by atomic mass is 32.1. The number of benzene rings is 1. The molecule has 24 heavy (non-hydrogen) atoms. The fraction of sp³-hybridized carbons (Fsp3) is 0.526. The van der Waals surface area contributed by atoms with Crippen LogP contribution in [0.1, 0.15) is 19.3 Å². The molecule has 5 heteroatoms. The molecule has 1 atom stereocenters. The first-order valence-electron chi connectivity index (χ1n) is 8.78. The minimum absolute atomic E-state index is 0.173. The Balaban J connectivity index is 1.65. The van der Waals surface area contributed by atoms with Crippen molar-refractivity contribution in [3.05, 3.63) is 36.9 Å². The largest absolute Gasteiger partial charge is 0.465 e. The van der Waals surface area contributed by atoms with Gasteiger partial charge >= 0.3 is 0 Å². The van der Waals surface area contributed by atoms with Crippen molar-refractivity contribution in [1.29, 1.82) is 0 Å². The first-order chi connectivity index (χ1) is 11.7. The molecule has 2 heterocycles. The van der Waals surface area contributed by atoms with Gasteiger partial charge in [-0.25, -0.2) is 4.98 Å². The Morgan fingerprint density at radius 2 is 2.17 bits per heavy atom. The average Bonchev–Trinajstić information content (AvgIpc) is 2.88. The molecule has 1 aliphatic heterocycles. The van der Waals surface area contributed by atoms with Gasteiger partial charge in [0.15, 0.2) is 0 Å². The van der Waals surface area contributed by atoms with Crippen molar-refractivity contribution in [3.8, 4) is 5.19 Å². The lowest BCUT2D eigenvalue weighted by Gasteiger charge is -2.26. The molecule has 0 amide bonds. The summed E-state index contributed by atoms with van der Waals surface area (Å²) in [4.78, 5) is 9.57. The maximum Gasteiger partial charge on any atom is 0.274 e. The second-order valence-corrected chi connectivity index (χ2v) is 7.50. The number of ether oxygens (including phenoxy) is 1. The standard InChI is InChI=1S/C19H27N3OS/c1-3-4-8-16(15-22-12-7-11-21(2)13-14-22)23-19-20-17-9-5-6-10-18(17)24-19/h3,5-6,9-10,16H,1,4,7-8,11-15H2,2H3/t16-/m1/s1. The number of hydrogen-bond donors (Lipinski definition) is 0. The normalized spacial score (nSPS) is 18.4. The number of rotatable bonds is 7. The third-order valence-electron chi connectivity index (χ3n) is 4.51. The highest BCUT2D eigenvalue weighted by molar-refractivity contribution is 7.20. The molecular formula is C19H27N3OS. The SMILES string of the molecule is C=CCC[C@H](CN1CCCN(C)CC1)Oc1nc2ccccc2s1. The second-order valence-electron chi connectivity index (χ2n) is 6.51. The van der Waals surface area contributed by atoms with Crippen LogP contribution in [0.15, 0.2) is 36.9 Å². The van der Waals surface area contributed by atoms with E-state index in [1.807, 2.05) is 24.3 Å². The topological polar surface area (TPSA) is 28.6 Å². The second kappa shape index (κ2) is 8.60. The van der Waals surface area contributed by atoms with Crippen LogP contribution in [0.25, 0.3) is 10.2 Å². The average molecular weight is 346 g/mol. The van der Waals surface area contributed by atoms with Crippen LogP contribution in [0.4, 0.5) is 0 Å². The highest BCUT2D eigenvalue weighted by Crippen LogP contribution is 2.28. The van der Waals surface area contributed by atoms with E-state index >= 15 is 0 Å². The summed E-state index contributed by atoms with van der Waals surface area (Å²) in [6.45, 7) is 9.41. The molecule has 0 spiro atoms. The Morgan fingerprint density at radius 3 is 3.00 bits per heavy atom. The molecule has 2 aromatic rings. The molecule has 0 unspecified atom stereocenters. The van der Waals surface area contributed by atoms with Gasteiger partial charge in [0.25, 0.3) is 5.19 Å². The van der Waals surface area contributed by atoms with Crippen LogP contribution in [0.5, 0.6) is 5.19 Å². The zero-order valence-electron chi connectivity index (χ0n) is 14.5.